The number of aryl methyl sites for hydroxylation is 1. The van der Waals surface area contributed by atoms with Gasteiger partial charge in [0.05, 0.1) is 35.6 Å². The van der Waals surface area contributed by atoms with Crippen LogP contribution < -0.4 is 33.1 Å². The average molecular weight is 1090 g/mol. The number of hydrogen-bond acceptors (Lipinski definition) is 19. The average Bonchev–Trinajstić information content (AvgIpc) is 3.61. The highest BCUT2D eigenvalue weighted by molar-refractivity contribution is 7.93. The van der Waals surface area contributed by atoms with Crippen LogP contribution in [0.3, 0.4) is 0 Å². The third-order valence-electron chi connectivity index (χ3n) is 10.8. The number of anilines is 2. The van der Waals surface area contributed by atoms with Gasteiger partial charge in [-0.2, -0.15) is 9.97 Å². The van der Waals surface area contributed by atoms with Gasteiger partial charge < -0.3 is 33.9 Å². The smallest absolute Gasteiger partial charge is 0.263 e. The van der Waals surface area contributed by atoms with Crippen molar-refractivity contribution in [2.24, 2.45) is 0 Å². The standard InChI is InChI=1S/C27H29N5O6S.C27H29N5O5S/c1-27(2,3)18-10-12-19(13-11-18)39(34,35)32-23-22(38-21-9-6-5-8-20(21)36-4)26(37-17-16-33)31-25(30-23)24-28-14-7-15-29-24;1-18-8-5-6-9-21(18)37-22-23(32-38(34,35)20-12-10-19(11-13-20)27(2,3)4)30-25(24-28-14-7-15-29-24)31-26(22)36-17-16-33/h5-15,33H,16-17H2,1-4H3,(H,30,31,32);5-15,33H,16-17H2,1-4H3,(H,30,31,32)/i2*17D2. The van der Waals surface area contributed by atoms with Gasteiger partial charge in [-0.1, -0.05) is 96.1 Å². The summed E-state index contributed by atoms with van der Waals surface area (Å²) in [5, 5.41) is 19.1. The monoisotopic (exact) mass is 1090 g/mol. The van der Waals surface area contributed by atoms with E-state index in [0.29, 0.717) is 11.3 Å². The number of nitrogens with one attached hydrogen (secondary N) is 2. The molecule has 0 fully saturated rings. The summed E-state index contributed by atoms with van der Waals surface area (Å²) in [5.41, 5.74) is 2.20. The summed E-state index contributed by atoms with van der Waals surface area (Å²) in [4.78, 5) is 33.4. The van der Waals surface area contributed by atoms with Gasteiger partial charge in [0.25, 0.3) is 31.8 Å². The molecule has 4 aromatic carbocycles. The van der Waals surface area contributed by atoms with Gasteiger partial charge in [-0.15, -0.1) is 0 Å². The minimum Gasteiger partial charge on any atom is -0.493 e. The number of nitrogens with zero attached hydrogens (tertiary/aromatic N) is 8. The van der Waals surface area contributed by atoms with Crippen molar-refractivity contribution in [2.75, 3.05) is 42.9 Å². The largest absolute Gasteiger partial charge is 0.493 e. The molecule has 0 unspecified atom stereocenters. The van der Waals surface area contributed by atoms with Crippen LogP contribution in [-0.4, -0.2) is 100 Å². The molecule has 0 radical (unpaired) electrons. The minimum absolute atomic E-state index is 0.000675. The number of aliphatic hydroxyl groups is 2. The van der Waals surface area contributed by atoms with Gasteiger partial charge in [-0.3, -0.25) is 9.44 Å². The SMILES string of the molecule is [2H]C([2H])(CO)Oc1nc(-c2ncccn2)nc(NS(=O)(=O)c2ccc(C(C)(C)C)cc2)c1Oc1ccccc1C.[2H]C([2H])(CO)Oc1nc(-c2ncccn2)nc(NS(=O)(=O)c2ccc(C(C)(C)C)cc2)c1Oc1ccccc1OC. The van der Waals surface area contributed by atoms with Gasteiger partial charge in [-0.05, 0) is 89.0 Å². The van der Waals surface area contributed by atoms with Gasteiger partial charge in [0.15, 0.2) is 34.8 Å². The molecule has 0 aliphatic rings. The molecule has 402 valence electrons. The highest BCUT2D eigenvalue weighted by Gasteiger charge is 2.29. The Balaban J connectivity index is 0.000000234. The second-order valence-electron chi connectivity index (χ2n) is 18.4. The number of aliphatic hydroxyl groups excluding tert-OH is 2. The molecule has 0 bridgehead atoms. The lowest BCUT2D eigenvalue weighted by molar-refractivity contribution is 0.192. The van der Waals surface area contributed by atoms with Crippen LogP contribution in [-0.2, 0) is 30.9 Å². The maximum Gasteiger partial charge on any atom is 0.263 e. The summed E-state index contributed by atoms with van der Waals surface area (Å²) in [6.07, 6.45) is 5.74. The Bertz CT molecular complexity index is 3700. The maximum absolute atomic E-state index is 13.6. The van der Waals surface area contributed by atoms with Gasteiger partial charge in [-0.25, -0.2) is 46.7 Å². The van der Waals surface area contributed by atoms with Crippen molar-refractivity contribution < 1.29 is 56.2 Å². The first-order valence-corrected chi connectivity index (χ1v) is 26.4. The number of methoxy groups -OCH3 is 1. The first-order valence-electron chi connectivity index (χ1n) is 25.4. The van der Waals surface area contributed by atoms with Crippen LogP contribution >= 0.6 is 0 Å². The van der Waals surface area contributed by atoms with Crippen LogP contribution in [0.15, 0.2) is 144 Å². The molecule has 4 aromatic heterocycles. The van der Waals surface area contributed by atoms with Crippen molar-refractivity contribution in [3.05, 3.63) is 151 Å². The Morgan fingerprint density at radius 3 is 1.26 bits per heavy atom. The Morgan fingerprint density at radius 2 is 0.883 bits per heavy atom. The predicted molar refractivity (Wildman–Crippen MR) is 287 cm³/mol. The van der Waals surface area contributed by atoms with Gasteiger partial charge in [0.1, 0.15) is 18.9 Å². The molecule has 0 amide bonds. The van der Waals surface area contributed by atoms with E-state index in [9.17, 15) is 27.0 Å². The summed E-state index contributed by atoms with van der Waals surface area (Å²) in [5.74, 6) is -2.03. The van der Waals surface area contributed by atoms with E-state index in [1.807, 2.05) is 41.5 Å². The van der Waals surface area contributed by atoms with Crippen molar-refractivity contribution in [3.8, 4) is 63.8 Å². The molecule has 77 heavy (non-hydrogen) atoms. The number of para-hydroxylation sites is 3. The fourth-order valence-electron chi connectivity index (χ4n) is 6.79. The lowest BCUT2D eigenvalue weighted by Crippen LogP contribution is -2.17. The van der Waals surface area contributed by atoms with Crippen LogP contribution in [0.1, 0.15) is 63.7 Å². The molecule has 8 rings (SSSR count). The summed E-state index contributed by atoms with van der Waals surface area (Å²) < 4.78 is 119. The predicted octanol–water partition coefficient (Wildman–Crippen LogP) is 8.71. The molecule has 0 saturated carbocycles. The van der Waals surface area contributed by atoms with E-state index in [1.54, 1.807) is 91.9 Å². The fourth-order valence-corrected chi connectivity index (χ4v) is 8.80. The summed E-state index contributed by atoms with van der Waals surface area (Å²) >= 11 is 0. The highest BCUT2D eigenvalue weighted by Crippen LogP contribution is 2.42. The molecule has 0 aliphatic carbocycles. The second-order valence-corrected chi connectivity index (χ2v) is 21.8. The molecular formula is C54H58N10O11S2. The molecule has 4 N–H and O–H groups in total. The summed E-state index contributed by atoms with van der Waals surface area (Å²) in [6, 6.07) is 29.3. The molecule has 0 saturated heterocycles. The molecule has 8 aromatic rings. The Kier molecular flexibility index (Phi) is 16.2. The number of sulfonamides is 2. The zero-order valence-corrected chi connectivity index (χ0v) is 44.7. The van der Waals surface area contributed by atoms with E-state index in [2.05, 4.69) is 49.3 Å². The first kappa shape index (κ1) is 50.8. The van der Waals surface area contributed by atoms with E-state index in [0.717, 1.165) is 11.1 Å². The van der Waals surface area contributed by atoms with E-state index in [1.165, 1.54) is 56.2 Å². The Hall–Kier alpha value is -8.38. The number of rotatable bonds is 19. The molecule has 0 aliphatic heterocycles. The Labute approximate surface area is 452 Å². The quantitative estimate of drug-likeness (QED) is 0.0589. The molecule has 4 heterocycles. The van der Waals surface area contributed by atoms with Crippen LogP contribution in [0.2, 0.25) is 0 Å². The normalized spacial score (nSPS) is 12.8. The van der Waals surface area contributed by atoms with Crippen molar-refractivity contribution in [1.29, 1.82) is 0 Å². The van der Waals surface area contributed by atoms with E-state index >= 15 is 0 Å². The van der Waals surface area contributed by atoms with Gasteiger partial charge in [0.2, 0.25) is 23.1 Å². The van der Waals surface area contributed by atoms with Gasteiger partial charge >= 0.3 is 0 Å². The summed E-state index contributed by atoms with van der Waals surface area (Å²) in [6.45, 7) is 6.59. The van der Waals surface area contributed by atoms with E-state index < -0.39 is 64.0 Å². The molecule has 21 nitrogen and oxygen atoms in total. The van der Waals surface area contributed by atoms with Crippen LogP contribution in [0.5, 0.6) is 40.5 Å². The first-order chi connectivity index (χ1) is 38.1. The zero-order valence-electron chi connectivity index (χ0n) is 47.1. The van der Waals surface area contributed by atoms with Crippen molar-refractivity contribution in [3.63, 3.8) is 0 Å². The third kappa shape index (κ3) is 14.5. The molecule has 23 heteroatoms. The van der Waals surface area contributed by atoms with E-state index in [-0.39, 0.29) is 72.7 Å². The van der Waals surface area contributed by atoms with Crippen molar-refractivity contribution in [1.82, 2.24) is 39.9 Å². The molecule has 0 spiro atoms. The maximum atomic E-state index is 13.6. The lowest BCUT2D eigenvalue weighted by Gasteiger charge is -2.20. The van der Waals surface area contributed by atoms with Crippen LogP contribution in [0, 0.1) is 6.92 Å². The molecule has 0 atom stereocenters. The van der Waals surface area contributed by atoms with Crippen molar-refractivity contribution >= 4 is 31.7 Å². The van der Waals surface area contributed by atoms with Crippen LogP contribution in [0.4, 0.5) is 11.6 Å². The lowest BCUT2D eigenvalue weighted by atomic mass is 9.87. The topological polar surface area (TPSA) is 282 Å². The number of benzene rings is 4. The zero-order chi connectivity index (χ0) is 59.0. The highest BCUT2D eigenvalue weighted by atomic mass is 32.2. The fraction of sp³-hybridized carbons (Fsp3) is 0.259. The van der Waals surface area contributed by atoms with Gasteiger partial charge in [0, 0.05) is 24.8 Å². The third-order valence-corrected chi connectivity index (χ3v) is 13.5. The Morgan fingerprint density at radius 1 is 0.506 bits per heavy atom. The second kappa shape index (κ2) is 24.5. The van der Waals surface area contributed by atoms with Crippen molar-refractivity contribution in [2.45, 2.75) is 69.1 Å². The number of ether oxygens (including phenoxy) is 5. The number of aromatic nitrogens is 8. The molecular weight excluding hydrogens is 1030 g/mol. The number of hydrogen-bond donors (Lipinski definition) is 4. The van der Waals surface area contributed by atoms with Crippen LogP contribution in [0.25, 0.3) is 23.3 Å². The van der Waals surface area contributed by atoms with E-state index in [4.69, 9.17) is 29.2 Å². The summed E-state index contributed by atoms with van der Waals surface area (Å²) in [7, 11) is -7.07. The minimum atomic E-state index is -4.26.